The Morgan fingerprint density at radius 1 is 1.33 bits per heavy atom. The Bertz CT molecular complexity index is 444. The maximum Gasteiger partial charge on any atom is 0.108 e. The fraction of sp³-hybridized carbons (Fsp3) is 0.417. The van der Waals surface area contributed by atoms with Gasteiger partial charge in [-0.05, 0) is 44.0 Å². The predicted octanol–water partition coefficient (Wildman–Crippen LogP) is 2.07. The van der Waals surface area contributed by atoms with Crippen LogP contribution in [0.4, 0.5) is 0 Å². The number of benzene rings is 1. The van der Waals surface area contributed by atoms with E-state index >= 15 is 0 Å². The van der Waals surface area contributed by atoms with Crippen LogP contribution in [0.5, 0.6) is 0 Å². The molecule has 0 aliphatic carbocycles. The smallest absolute Gasteiger partial charge is 0.108 e. The second-order valence-corrected chi connectivity index (χ2v) is 4.32. The van der Waals surface area contributed by atoms with Gasteiger partial charge in [-0.2, -0.15) is 0 Å². The highest BCUT2D eigenvalue weighted by Crippen LogP contribution is 2.17. The molecule has 0 aliphatic rings. The van der Waals surface area contributed by atoms with E-state index in [0.717, 1.165) is 23.3 Å². The second-order valence-electron chi connectivity index (χ2n) is 4.32. The molecule has 0 amide bonds. The Morgan fingerprint density at radius 2 is 2.00 bits per heavy atom. The summed E-state index contributed by atoms with van der Waals surface area (Å²) in [6.45, 7) is 6.21. The second kappa shape index (κ2) is 3.66. The Hall–Kier alpha value is -1.35. The van der Waals surface area contributed by atoms with Crippen molar-refractivity contribution in [2.24, 2.45) is 5.73 Å². The number of nitrogens with zero attached hydrogens (tertiary/aromatic N) is 1. The summed E-state index contributed by atoms with van der Waals surface area (Å²) < 4.78 is 0. The lowest BCUT2D eigenvalue weighted by Crippen LogP contribution is -2.18. The van der Waals surface area contributed by atoms with E-state index < -0.39 is 0 Å². The fourth-order valence-electron chi connectivity index (χ4n) is 1.72. The molecule has 0 aliphatic heterocycles. The maximum atomic E-state index is 5.75. The normalized spacial score (nSPS) is 13.3. The number of fused-ring (bicyclic) bond motifs is 1. The molecule has 1 unspecified atom stereocenters. The molecule has 0 saturated heterocycles. The largest absolute Gasteiger partial charge is 0.342 e. The van der Waals surface area contributed by atoms with E-state index in [1.807, 2.05) is 6.92 Å². The summed E-state index contributed by atoms with van der Waals surface area (Å²) in [6, 6.07) is 4.40. The van der Waals surface area contributed by atoms with Gasteiger partial charge < -0.3 is 10.7 Å². The summed E-state index contributed by atoms with van der Waals surface area (Å²) in [7, 11) is 0. The molecular formula is C12H17N3. The number of hydrogen-bond donors (Lipinski definition) is 2. The van der Waals surface area contributed by atoms with Crippen molar-refractivity contribution in [1.82, 2.24) is 9.97 Å². The fourth-order valence-corrected chi connectivity index (χ4v) is 1.72. The molecule has 1 heterocycles. The van der Waals surface area contributed by atoms with Gasteiger partial charge in [-0.3, -0.25) is 0 Å². The average molecular weight is 203 g/mol. The number of nitrogens with one attached hydrogen (secondary N) is 1. The lowest BCUT2D eigenvalue weighted by molar-refractivity contribution is 0.712. The van der Waals surface area contributed by atoms with E-state index in [-0.39, 0.29) is 6.04 Å². The molecule has 1 atom stereocenters. The van der Waals surface area contributed by atoms with Gasteiger partial charge in [0, 0.05) is 12.5 Å². The molecule has 0 spiro atoms. The molecule has 15 heavy (non-hydrogen) atoms. The molecule has 80 valence electrons. The highest BCUT2D eigenvalue weighted by molar-refractivity contribution is 5.77. The van der Waals surface area contributed by atoms with E-state index in [2.05, 4.69) is 35.9 Å². The lowest BCUT2D eigenvalue weighted by atomic mass is 10.1. The monoisotopic (exact) mass is 203 g/mol. The number of aryl methyl sites for hydroxylation is 2. The molecule has 0 radical (unpaired) electrons. The summed E-state index contributed by atoms with van der Waals surface area (Å²) in [5.41, 5.74) is 10.5. The van der Waals surface area contributed by atoms with Crippen molar-refractivity contribution in [3.8, 4) is 0 Å². The van der Waals surface area contributed by atoms with Crippen LogP contribution in [0, 0.1) is 13.8 Å². The number of hydrogen-bond acceptors (Lipinski definition) is 2. The summed E-state index contributed by atoms with van der Waals surface area (Å²) in [4.78, 5) is 7.82. The molecule has 3 nitrogen and oxygen atoms in total. The number of imidazole rings is 1. The zero-order valence-electron chi connectivity index (χ0n) is 9.46. The van der Waals surface area contributed by atoms with Crippen LogP contribution in [0.1, 0.15) is 23.9 Å². The van der Waals surface area contributed by atoms with Gasteiger partial charge in [0.2, 0.25) is 0 Å². The number of rotatable bonds is 2. The van der Waals surface area contributed by atoms with Gasteiger partial charge in [0.1, 0.15) is 5.82 Å². The highest BCUT2D eigenvalue weighted by Gasteiger charge is 2.06. The molecule has 3 heteroatoms. The van der Waals surface area contributed by atoms with Crippen molar-refractivity contribution in [3.63, 3.8) is 0 Å². The number of nitrogens with two attached hydrogens (primary N) is 1. The minimum Gasteiger partial charge on any atom is -0.342 e. The van der Waals surface area contributed by atoms with E-state index in [0.29, 0.717) is 0 Å². The van der Waals surface area contributed by atoms with Gasteiger partial charge in [0.25, 0.3) is 0 Å². The minimum atomic E-state index is 0.146. The van der Waals surface area contributed by atoms with E-state index in [4.69, 9.17) is 5.73 Å². The Morgan fingerprint density at radius 3 is 2.67 bits per heavy atom. The summed E-state index contributed by atoms with van der Waals surface area (Å²) in [5.74, 6) is 0.977. The molecule has 2 rings (SSSR count). The average Bonchev–Trinajstić information content (AvgIpc) is 2.46. The molecule has 0 fully saturated rings. The first-order chi connectivity index (χ1) is 7.06. The summed E-state index contributed by atoms with van der Waals surface area (Å²) >= 11 is 0. The van der Waals surface area contributed by atoms with Crippen LogP contribution in [-0.2, 0) is 6.42 Å². The first kappa shape index (κ1) is 10.2. The van der Waals surface area contributed by atoms with Crippen LogP contribution in [0.15, 0.2) is 12.1 Å². The van der Waals surface area contributed by atoms with Crippen LogP contribution in [0.3, 0.4) is 0 Å². The van der Waals surface area contributed by atoms with E-state index in [9.17, 15) is 0 Å². The van der Waals surface area contributed by atoms with Crippen LogP contribution in [-0.4, -0.2) is 16.0 Å². The molecule has 3 N–H and O–H groups in total. The maximum absolute atomic E-state index is 5.75. The van der Waals surface area contributed by atoms with Gasteiger partial charge in [-0.15, -0.1) is 0 Å². The SMILES string of the molecule is Cc1cc2nc(CC(C)N)[nH]c2cc1C. The van der Waals surface area contributed by atoms with Gasteiger partial charge >= 0.3 is 0 Å². The van der Waals surface area contributed by atoms with Crippen molar-refractivity contribution in [2.45, 2.75) is 33.2 Å². The molecule has 0 saturated carbocycles. The van der Waals surface area contributed by atoms with Crippen molar-refractivity contribution < 1.29 is 0 Å². The van der Waals surface area contributed by atoms with Crippen LogP contribution >= 0.6 is 0 Å². The lowest BCUT2D eigenvalue weighted by Gasteiger charge is -1.99. The van der Waals surface area contributed by atoms with Gasteiger partial charge in [-0.25, -0.2) is 4.98 Å². The highest BCUT2D eigenvalue weighted by atomic mass is 14.9. The zero-order valence-corrected chi connectivity index (χ0v) is 9.46. The molecule has 1 aromatic carbocycles. The van der Waals surface area contributed by atoms with Gasteiger partial charge in [0.05, 0.1) is 11.0 Å². The van der Waals surface area contributed by atoms with Gasteiger partial charge in [0.15, 0.2) is 0 Å². The van der Waals surface area contributed by atoms with Crippen molar-refractivity contribution in [1.29, 1.82) is 0 Å². The molecule has 1 aromatic heterocycles. The van der Waals surface area contributed by atoms with Crippen LogP contribution < -0.4 is 5.73 Å². The first-order valence-corrected chi connectivity index (χ1v) is 5.27. The van der Waals surface area contributed by atoms with E-state index in [1.54, 1.807) is 0 Å². The number of aromatic amines is 1. The predicted molar refractivity (Wildman–Crippen MR) is 62.9 cm³/mol. The van der Waals surface area contributed by atoms with Crippen molar-refractivity contribution in [2.75, 3.05) is 0 Å². The number of H-pyrrole nitrogens is 1. The summed E-state index contributed by atoms with van der Waals surface area (Å²) in [6.07, 6.45) is 0.798. The Kier molecular flexibility index (Phi) is 2.49. The molecular weight excluding hydrogens is 186 g/mol. The minimum absolute atomic E-state index is 0.146. The molecule has 0 bridgehead atoms. The van der Waals surface area contributed by atoms with Crippen LogP contribution in [0.25, 0.3) is 11.0 Å². The third-order valence-electron chi connectivity index (χ3n) is 2.66. The van der Waals surface area contributed by atoms with Crippen molar-refractivity contribution >= 4 is 11.0 Å². The zero-order chi connectivity index (χ0) is 11.0. The molecule has 2 aromatic rings. The Labute approximate surface area is 89.7 Å². The Balaban J connectivity index is 2.47. The van der Waals surface area contributed by atoms with E-state index in [1.165, 1.54) is 11.1 Å². The van der Waals surface area contributed by atoms with Crippen molar-refractivity contribution in [3.05, 3.63) is 29.1 Å². The van der Waals surface area contributed by atoms with Crippen LogP contribution in [0.2, 0.25) is 0 Å². The third kappa shape index (κ3) is 2.02. The topological polar surface area (TPSA) is 54.7 Å². The third-order valence-corrected chi connectivity index (χ3v) is 2.66. The van der Waals surface area contributed by atoms with Gasteiger partial charge in [-0.1, -0.05) is 0 Å². The standard InChI is InChI=1S/C12H17N3/c1-7-4-10-11(5-8(7)2)15-12(14-10)6-9(3)13/h4-5,9H,6,13H2,1-3H3,(H,14,15). The first-order valence-electron chi connectivity index (χ1n) is 5.27. The number of aromatic nitrogens is 2. The summed E-state index contributed by atoms with van der Waals surface area (Å²) in [5, 5.41) is 0. The quantitative estimate of drug-likeness (QED) is 0.785.